The standard InChI is InChI=1S/C25H23ClN4O3/c1-16-6-8-20(30-15-19(10-11-31)28-29-30)14-23(16)25(32)22-9-7-18(13-24(22)26)27-17-4-3-5-21(12-17)33-2/h3-9,12-15,27,31H,10-11H2,1-2H3. The van der Waals surface area contributed by atoms with Crippen LogP contribution in [-0.4, -0.2) is 39.6 Å². The van der Waals surface area contributed by atoms with Crippen molar-refractivity contribution < 1.29 is 14.6 Å². The summed E-state index contributed by atoms with van der Waals surface area (Å²) in [5, 5.41) is 20.8. The van der Waals surface area contributed by atoms with Crippen LogP contribution in [0.15, 0.2) is 66.9 Å². The van der Waals surface area contributed by atoms with Crippen molar-refractivity contribution in [1.29, 1.82) is 0 Å². The van der Waals surface area contributed by atoms with Gasteiger partial charge in [-0.05, 0) is 55.0 Å². The van der Waals surface area contributed by atoms with Gasteiger partial charge in [-0.3, -0.25) is 4.79 Å². The van der Waals surface area contributed by atoms with E-state index in [-0.39, 0.29) is 12.4 Å². The average molecular weight is 463 g/mol. The minimum absolute atomic E-state index is 0.00248. The van der Waals surface area contributed by atoms with Gasteiger partial charge in [-0.2, -0.15) is 0 Å². The zero-order valence-electron chi connectivity index (χ0n) is 18.2. The number of carbonyl (C=O) groups is 1. The molecule has 0 atom stereocenters. The van der Waals surface area contributed by atoms with Crippen molar-refractivity contribution in [1.82, 2.24) is 15.0 Å². The zero-order valence-corrected chi connectivity index (χ0v) is 19.0. The van der Waals surface area contributed by atoms with E-state index in [4.69, 9.17) is 21.4 Å². The zero-order chi connectivity index (χ0) is 23.4. The Balaban J connectivity index is 1.59. The topological polar surface area (TPSA) is 89.3 Å². The van der Waals surface area contributed by atoms with Crippen molar-refractivity contribution in [3.05, 3.63) is 94.3 Å². The number of halogens is 1. The van der Waals surface area contributed by atoms with Gasteiger partial charge in [-0.1, -0.05) is 28.9 Å². The summed E-state index contributed by atoms with van der Waals surface area (Å²) in [7, 11) is 1.62. The van der Waals surface area contributed by atoms with Gasteiger partial charge in [-0.15, -0.1) is 5.10 Å². The van der Waals surface area contributed by atoms with E-state index in [9.17, 15) is 4.79 Å². The van der Waals surface area contributed by atoms with E-state index in [0.29, 0.717) is 34.0 Å². The highest BCUT2D eigenvalue weighted by atomic mass is 35.5. The predicted octanol–water partition coefficient (Wildman–Crippen LogP) is 4.75. The van der Waals surface area contributed by atoms with Crippen LogP contribution in [0.4, 0.5) is 11.4 Å². The van der Waals surface area contributed by atoms with Gasteiger partial charge in [0, 0.05) is 41.6 Å². The van der Waals surface area contributed by atoms with Crippen LogP contribution in [0, 0.1) is 6.92 Å². The molecular weight excluding hydrogens is 440 g/mol. The molecule has 0 fully saturated rings. The van der Waals surface area contributed by atoms with Gasteiger partial charge in [0.2, 0.25) is 0 Å². The summed E-state index contributed by atoms with van der Waals surface area (Å²) in [4.78, 5) is 13.3. The second-order valence-electron chi connectivity index (χ2n) is 7.51. The van der Waals surface area contributed by atoms with E-state index in [0.717, 1.165) is 22.7 Å². The number of anilines is 2. The van der Waals surface area contributed by atoms with Crippen molar-refractivity contribution in [2.24, 2.45) is 0 Å². The lowest BCUT2D eigenvalue weighted by molar-refractivity contribution is 0.103. The van der Waals surface area contributed by atoms with Gasteiger partial charge in [-0.25, -0.2) is 4.68 Å². The Bertz CT molecular complexity index is 1300. The molecule has 8 heteroatoms. The number of methoxy groups -OCH3 is 1. The van der Waals surface area contributed by atoms with Crippen molar-refractivity contribution in [2.75, 3.05) is 19.0 Å². The average Bonchev–Trinajstić information content (AvgIpc) is 3.28. The largest absolute Gasteiger partial charge is 0.497 e. The van der Waals surface area contributed by atoms with Crippen LogP contribution in [0.3, 0.4) is 0 Å². The minimum atomic E-state index is -0.178. The lowest BCUT2D eigenvalue weighted by Crippen LogP contribution is -2.07. The van der Waals surface area contributed by atoms with E-state index >= 15 is 0 Å². The number of aliphatic hydroxyl groups is 1. The van der Waals surface area contributed by atoms with Crippen molar-refractivity contribution in [3.8, 4) is 11.4 Å². The molecule has 0 unspecified atom stereocenters. The van der Waals surface area contributed by atoms with Crippen LogP contribution in [-0.2, 0) is 6.42 Å². The van der Waals surface area contributed by atoms with Crippen LogP contribution in [0.5, 0.6) is 5.75 Å². The third-order valence-corrected chi connectivity index (χ3v) is 5.52. The van der Waals surface area contributed by atoms with E-state index in [2.05, 4.69) is 15.6 Å². The lowest BCUT2D eigenvalue weighted by Gasteiger charge is -2.12. The highest BCUT2D eigenvalue weighted by molar-refractivity contribution is 6.35. The fourth-order valence-electron chi connectivity index (χ4n) is 3.44. The first kappa shape index (κ1) is 22.5. The molecule has 0 spiro atoms. The number of carbonyl (C=O) groups excluding carboxylic acids is 1. The Labute approximate surface area is 196 Å². The summed E-state index contributed by atoms with van der Waals surface area (Å²) >= 11 is 6.51. The van der Waals surface area contributed by atoms with Crippen LogP contribution >= 0.6 is 11.6 Å². The Morgan fingerprint density at radius 2 is 1.91 bits per heavy atom. The molecule has 0 aliphatic carbocycles. The number of aryl methyl sites for hydroxylation is 1. The maximum absolute atomic E-state index is 13.3. The number of benzene rings is 3. The van der Waals surface area contributed by atoms with Gasteiger partial charge in [0.05, 0.1) is 29.7 Å². The molecule has 0 saturated carbocycles. The molecule has 33 heavy (non-hydrogen) atoms. The van der Waals surface area contributed by atoms with Crippen LogP contribution in [0.2, 0.25) is 5.02 Å². The molecule has 0 aliphatic rings. The molecule has 1 heterocycles. The summed E-state index contributed by atoms with van der Waals surface area (Å²) < 4.78 is 6.84. The number of aromatic nitrogens is 3. The SMILES string of the molecule is COc1cccc(Nc2ccc(C(=O)c3cc(-n4cc(CCO)nn4)ccc3C)c(Cl)c2)c1. The first-order valence-corrected chi connectivity index (χ1v) is 10.7. The molecule has 168 valence electrons. The van der Waals surface area contributed by atoms with Gasteiger partial charge in [0.25, 0.3) is 0 Å². The van der Waals surface area contributed by atoms with Gasteiger partial charge in [0.1, 0.15) is 5.75 Å². The van der Waals surface area contributed by atoms with E-state index < -0.39 is 0 Å². The van der Waals surface area contributed by atoms with Crippen LogP contribution < -0.4 is 10.1 Å². The molecule has 4 aromatic rings. The van der Waals surface area contributed by atoms with Crippen LogP contribution in [0.1, 0.15) is 27.2 Å². The number of aliphatic hydroxyl groups excluding tert-OH is 1. The summed E-state index contributed by atoms with van der Waals surface area (Å²) in [5.74, 6) is 0.562. The Hall–Kier alpha value is -3.68. The Kier molecular flexibility index (Phi) is 6.72. The number of nitrogens with one attached hydrogen (secondary N) is 1. The fraction of sp³-hybridized carbons (Fsp3) is 0.160. The molecule has 4 rings (SSSR count). The Morgan fingerprint density at radius 1 is 1.09 bits per heavy atom. The molecule has 0 bridgehead atoms. The van der Waals surface area contributed by atoms with E-state index in [1.807, 2.05) is 49.4 Å². The molecule has 1 aromatic heterocycles. The van der Waals surface area contributed by atoms with E-state index in [1.54, 1.807) is 36.2 Å². The number of hydrogen-bond donors (Lipinski definition) is 2. The summed E-state index contributed by atoms with van der Waals surface area (Å²) in [6.45, 7) is 1.87. The lowest BCUT2D eigenvalue weighted by atomic mass is 9.98. The quantitative estimate of drug-likeness (QED) is 0.367. The van der Waals surface area contributed by atoms with Crippen molar-refractivity contribution in [3.63, 3.8) is 0 Å². The number of ketones is 1. The molecule has 3 aromatic carbocycles. The van der Waals surface area contributed by atoms with Crippen molar-refractivity contribution in [2.45, 2.75) is 13.3 Å². The summed E-state index contributed by atoms with van der Waals surface area (Å²) in [6, 6.07) is 18.3. The molecule has 0 amide bonds. The van der Waals surface area contributed by atoms with E-state index in [1.165, 1.54) is 0 Å². The third-order valence-electron chi connectivity index (χ3n) is 5.21. The Morgan fingerprint density at radius 3 is 2.67 bits per heavy atom. The van der Waals surface area contributed by atoms with Gasteiger partial charge in [0.15, 0.2) is 5.78 Å². The highest BCUT2D eigenvalue weighted by Gasteiger charge is 2.17. The molecule has 2 N–H and O–H groups in total. The van der Waals surface area contributed by atoms with Crippen molar-refractivity contribution >= 4 is 28.8 Å². The summed E-state index contributed by atoms with van der Waals surface area (Å²) in [6.07, 6.45) is 2.16. The van der Waals surface area contributed by atoms with Gasteiger partial charge < -0.3 is 15.2 Å². The monoisotopic (exact) mass is 462 g/mol. The third kappa shape index (κ3) is 5.05. The molecule has 0 radical (unpaired) electrons. The molecule has 7 nitrogen and oxygen atoms in total. The number of ether oxygens (including phenoxy) is 1. The molecule has 0 saturated heterocycles. The van der Waals surface area contributed by atoms with Crippen LogP contribution in [0.25, 0.3) is 5.69 Å². The maximum Gasteiger partial charge on any atom is 0.194 e. The van der Waals surface area contributed by atoms with Gasteiger partial charge >= 0.3 is 0 Å². The highest BCUT2D eigenvalue weighted by Crippen LogP contribution is 2.28. The predicted molar refractivity (Wildman–Crippen MR) is 128 cm³/mol. The molecule has 0 aliphatic heterocycles. The number of rotatable bonds is 8. The minimum Gasteiger partial charge on any atom is -0.497 e. The first-order valence-electron chi connectivity index (χ1n) is 10.4. The smallest absolute Gasteiger partial charge is 0.194 e. The molecular formula is C25H23ClN4O3. The maximum atomic E-state index is 13.3. The summed E-state index contributed by atoms with van der Waals surface area (Å²) in [5.41, 5.74) is 4.75. The number of hydrogen-bond acceptors (Lipinski definition) is 6. The normalized spacial score (nSPS) is 10.8. The number of nitrogens with zero attached hydrogens (tertiary/aromatic N) is 3. The second-order valence-corrected chi connectivity index (χ2v) is 7.92. The second kappa shape index (κ2) is 9.85. The fourth-order valence-corrected chi connectivity index (χ4v) is 3.71. The first-order chi connectivity index (χ1) is 16.0.